The monoisotopic (exact) mass is 486 g/mol. The molecule has 0 saturated heterocycles. The Morgan fingerprint density at radius 1 is 0.500 bits per heavy atom. The molecule has 0 nitrogen and oxygen atoms in total. The molecule has 0 aliphatic heterocycles. The second-order valence-electron chi connectivity index (χ2n) is 6.80. The summed E-state index contributed by atoms with van der Waals surface area (Å²) >= 11 is 0. The van der Waals surface area contributed by atoms with Gasteiger partial charge in [-0.25, -0.2) is 13.2 Å². The minimum atomic E-state index is -2.50. The Labute approximate surface area is 185 Å². The summed E-state index contributed by atoms with van der Waals surface area (Å²) in [5, 5.41) is 2.96. The van der Waals surface area contributed by atoms with Crippen LogP contribution in [0.2, 0.25) is 0 Å². The first-order chi connectivity index (χ1) is 14.1. The van der Waals surface area contributed by atoms with Crippen molar-refractivity contribution >= 4 is 23.2 Å². The van der Waals surface area contributed by atoms with Gasteiger partial charge in [0.15, 0.2) is 11.6 Å². The van der Waals surface area contributed by atoms with Gasteiger partial charge in [0.05, 0.1) is 5.56 Å². The molecule has 5 heteroatoms. The van der Waals surface area contributed by atoms with E-state index >= 15 is 0 Å². The lowest BCUT2D eigenvalue weighted by Crippen LogP contribution is -3.00. The third-order valence-corrected chi connectivity index (χ3v) is 9.45. The number of rotatable bonds is 5. The summed E-state index contributed by atoms with van der Waals surface area (Å²) < 4.78 is 43.5. The van der Waals surface area contributed by atoms with E-state index in [1.165, 1.54) is 0 Å². The van der Waals surface area contributed by atoms with Crippen LogP contribution in [0.1, 0.15) is 5.56 Å². The minimum absolute atomic E-state index is 0. The average Bonchev–Trinajstić information content (AvgIpc) is 2.79. The third kappa shape index (κ3) is 4.08. The predicted octanol–water partition coefficient (Wildman–Crippen LogP) is 2.60. The van der Waals surface area contributed by atoms with Gasteiger partial charge >= 0.3 is 0 Å². The molecular weight excluding hydrogens is 468 g/mol. The predicted molar refractivity (Wildman–Crippen MR) is 115 cm³/mol. The highest BCUT2D eigenvalue weighted by Gasteiger charge is 2.46. The van der Waals surface area contributed by atoms with E-state index in [-0.39, 0.29) is 28.7 Å². The van der Waals surface area contributed by atoms with Crippen molar-refractivity contribution in [1.29, 1.82) is 0 Å². The van der Waals surface area contributed by atoms with Gasteiger partial charge in [0.1, 0.15) is 35.2 Å². The SMILES string of the molecule is Fc1ccc(F)c(C[P+](c2ccccc2)(c2ccccc2)c2ccccc2)c1F.[Br-]. The molecule has 4 rings (SSSR count). The van der Waals surface area contributed by atoms with E-state index in [2.05, 4.69) is 0 Å². The topological polar surface area (TPSA) is 0 Å². The molecule has 4 aromatic rings. The van der Waals surface area contributed by atoms with Gasteiger partial charge in [-0.3, -0.25) is 0 Å². The zero-order valence-electron chi connectivity index (χ0n) is 16.0. The molecule has 30 heavy (non-hydrogen) atoms. The van der Waals surface area contributed by atoms with Crippen LogP contribution < -0.4 is 32.9 Å². The molecule has 0 atom stereocenters. The summed E-state index contributed by atoms with van der Waals surface area (Å²) in [5.41, 5.74) is -0.213. The molecule has 0 heterocycles. The van der Waals surface area contributed by atoms with E-state index in [1.54, 1.807) is 0 Å². The number of hydrogen-bond donors (Lipinski definition) is 0. The summed E-state index contributed by atoms with van der Waals surface area (Å²) in [5.74, 6) is -2.87. The molecular formula is C25H19BrF3P. The van der Waals surface area contributed by atoms with Crippen molar-refractivity contribution in [2.75, 3.05) is 0 Å². The first kappa shape index (κ1) is 22.3. The highest BCUT2D eigenvalue weighted by molar-refractivity contribution is 7.95. The van der Waals surface area contributed by atoms with Crippen LogP contribution in [0.3, 0.4) is 0 Å². The van der Waals surface area contributed by atoms with Gasteiger partial charge in [-0.05, 0) is 48.5 Å². The largest absolute Gasteiger partial charge is 1.00 e. The zero-order chi connectivity index (χ0) is 20.3. The molecule has 0 radical (unpaired) electrons. The number of halogens is 4. The quantitative estimate of drug-likeness (QED) is 0.300. The number of benzene rings is 4. The smallest absolute Gasteiger partial charge is 0.168 e. The van der Waals surface area contributed by atoms with Crippen molar-refractivity contribution in [1.82, 2.24) is 0 Å². The molecule has 0 saturated carbocycles. The van der Waals surface area contributed by atoms with Crippen LogP contribution in [-0.2, 0) is 6.16 Å². The molecule has 0 amide bonds. The first-order valence-corrected chi connectivity index (χ1v) is 11.3. The summed E-state index contributed by atoms with van der Waals surface area (Å²) in [4.78, 5) is 0. The maximum Gasteiger partial charge on any atom is 0.168 e. The average molecular weight is 487 g/mol. The fourth-order valence-electron chi connectivity index (χ4n) is 3.72. The second-order valence-corrected chi connectivity index (χ2v) is 10.3. The van der Waals surface area contributed by atoms with Crippen LogP contribution in [-0.4, -0.2) is 0 Å². The molecule has 0 unspecified atom stereocenters. The van der Waals surface area contributed by atoms with Crippen molar-refractivity contribution in [3.8, 4) is 0 Å². The summed E-state index contributed by atoms with van der Waals surface area (Å²) in [6.45, 7) is 0. The fraction of sp³-hybridized carbons (Fsp3) is 0.0400. The second kappa shape index (κ2) is 9.59. The molecule has 0 spiro atoms. The molecule has 0 bridgehead atoms. The van der Waals surface area contributed by atoms with Crippen LogP contribution in [0.4, 0.5) is 13.2 Å². The van der Waals surface area contributed by atoms with E-state index in [0.29, 0.717) is 0 Å². The van der Waals surface area contributed by atoms with E-state index in [9.17, 15) is 13.2 Å². The molecule has 0 aliphatic carbocycles. The summed E-state index contributed by atoms with van der Waals surface area (Å²) in [7, 11) is -2.50. The van der Waals surface area contributed by atoms with E-state index in [0.717, 1.165) is 28.0 Å². The maximum atomic E-state index is 14.7. The Balaban J connectivity index is 0.00000256. The third-order valence-electron chi connectivity index (χ3n) is 5.13. The molecule has 0 aromatic heterocycles. The fourth-order valence-corrected chi connectivity index (χ4v) is 7.97. The van der Waals surface area contributed by atoms with E-state index < -0.39 is 24.7 Å². The highest BCUT2D eigenvalue weighted by atomic mass is 79.9. The lowest BCUT2D eigenvalue weighted by molar-refractivity contribution is -0.00000725. The minimum Gasteiger partial charge on any atom is -1.00 e. The van der Waals surface area contributed by atoms with Gasteiger partial charge in [0.25, 0.3) is 0 Å². The Morgan fingerprint density at radius 3 is 1.27 bits per heavy atom. The lowest BCUT2D eigenvalue weighted by atomic mass is 10.2. The van der Waals surface area contributed by atoms with Gasteiger partial charge in [-0.1, -0.05) is 54.6 Å². The van der Waals surface area contributed by atoms with Gasteiger partial charge in [-0.15, -0.1) is 0 Å². The normalized spacial score (nSPS) is 11.0. The number of hydrogen-bond acceptors (Lipinski definition) is 0. The lowest BCUT2D eigenvalue weighted by Gasteiger charge is -2.28. The zero-order valence-corrected chi connectivity index (χ0v) is 18.5. The van der Waals surface area contributed by atoms with Gasteiger partial charge in [-0.2, -0.15) is 0 Å². The molecule has 152 valence electrons. The van der Waals surface area contributed by atoms with Crippen molar-refractivity contribution < 1.29 is 30.2 Å². The molecule has 0 N–H and O–H groups in total. The molecule has 4 aromatic carbocycles. The van der Waals surface area contributed by atoms with Crippen LogP contribution >= 0.6 is 7.26 Å². The van der Waals surface area contributed by atoms with E-state index in [1.807, 2.05) is 91.0 Å². The van der Waals surface area contributed by atoms with Crippen LogP contribution in [0, 0.1) is 17.5 Å². The van der Waals surface area contributed by atoms with Crippen LogP contribution in [0.5, 0.6) is 0 Å². The van der Waals surface area contributed by atoms with Gasteiger partial charge in [0, 0.05) is 0 Å². The van der Waals surface area contributed by atoms with Crippen molar-refractivity contribution in [3.63, 3.8) is 0 Å². The van der Waals surface area contributed by atoms with Crippen molar-refractivity contribution in [3.05, 3.63) is 126 Å². The van der Waals surface area contributed by atoms with E-state index in [4.69, 9.17) is 0 Å². The standard InChI is InChI=1S/C25H19F3P.BrH/c26-23-16-17-24(27)25(28)22(23)18-29(19-10-4-1-5-11-19,20-12-6-2-7-13-20)21-14-8-3-9-15-21;/h1-17H,18H2;1H/q+1;/p-1. The Morgan fingerprint density at radius 2 is 0.867 bits per heavy atom. The van der Waals surface area contributed by atoms with Crippen LogP contribution in [0.15, 0.2) is 103 Å². The molecule has 0 fully saturated rings. The summed E-state index contributed by atoms with van der Waals surface area (Å²) in [6, 6.07) is 31.1. The molecule has 0 aliphatic rings. The van der Waals surface area contributed by atoms with Gasteiger partial charge in [0.2, 0.25) is 0 Å². The Bertz CT molecular complexity index is 1010. The van der Waals surface area contributed by atoms with Crippen molar-refractivity contribution in [2.45, 2.75) is 6.16 Å². The first-order valence-electron chi connectivity index (χ1n) is 9.30. The van der Waals surface area contributed by atoms with Gasteiger partial charge < -0.3 is 17.0 Å². The Hall–Kier alpha value is -2.42. The highest BCUT2D eigenvalue weighted by Crippen LogP contribution is 2.58. The Kier molecular flexibility index (Phi) is 7.12. The van der Waals surface area contributed by atoms with Crippen molar-refractivity contribution in [2.24, 2.45) is 0 Å². The maximum absolute atomic E-state index is 14.7. The van der Waals surface area contributed by atoms with Crippen LogP contribution in [0.25, 0.3) is 0 Å². The summed E-state index contributed by atoms with van der Waals surface area (Å²) in [6.07, 6.45) is 0.0560.